The average Bonchev–Trinajstić information content (AvgIpc) is 3.30. The third-order valence-corrected chi connectivity index (χ3v) is 6.37. The summed E-state index contributed by atoms with van der Waals surface area (Å²) in [5.41, 5.74) is 6.36. The van der Waals surface area contributed by atoms with Crippen LogP contribution in [0, 0.1) is 0 Å². The summed E-state index contributed by atoms with van der Waals surface area (Å²) in [5.74, 6) is 0.182. The third kappa shape index (κ3) is 5.07. The van der Waals surface area contributed by atoms with Gasteiger partial charge in [-0.1, -0.05) is 6.07 Å². The van der Waals surface area contributed by atoms with E-state index in [0.717, 1.165) is 11.3 Å². The number of hydrogen-bond donors (Lipinski definition) is 3. The second kappa shape index (κ2) is 9.21. The van der Waals surface area contributed by atoms with Gasteiger partial charge in [-0.3, -0.25) is 25.2 Å². The maximum absolute atomic E-state index is 12.7. The first-order chi connectivity index (χ1) is 15.9. The van der Waals surface area contributed by atoms with E-state index in [1.54, 1.807) is 42.5 Å². The summed E-state index contributed by atoms with van der Waals surface area (Å²) in [6, 6.07) is 16.9. The van der Waals surface area contributed by atoms with Crippen LogP contribution in [0.1, 0.15) is 26.3 Å². The molecule has 0 atom stereocenters. The lowest BCUT2D eigenvalue weighted by Gasteiger charge is -2.11. The fourth-order valence-corrected chi connectivity index (χ4v) is 4.37. The van der Waals surface area contributed by atoms with Gasteiger partial charge in [0.15, 0.2) is 0 Å². The SMILES string of the molecule is COc1ccc(NS(=O)(=O)c2cccc(C(=O)NNC(=O)c3ccc4c(c3)CCO4)c2)cc1. The largest absolute Gasteiger partial charge is 0.497 e. The zero-order chi connectivity index (χ0) is 23.4. The Kier molecular flexibility index (Phi) is 6.18. The number of ether oxygens (including phenoxy) is 2. The normalized spacial score (nSPS) is 12.3. The Morgan fingerprint density at radius 3 is 2.30 bits per heavy atom. The van der Waals surface area contributed by atoms with Gasteiger partial charge in [-0.15, -0.1) is 0 Å². The van der Waals surface area contributed by atoms with Crippen molar-refractivity contribution in [2.45, 2.75) is 11.3 Å². The molecule has 4 rings (SSSR count). The minimum atomic E-state index is -3.94. The van der Waals surface area contributed by atoms with E-state index >= 15 is 0 Å². The van der Waals surface area contributed by atoms with Gasteiger partial charge >= 0.3 is 0 Å². The summed E-state index contributed by atoms with van der Waals surface area (Å²) < 4.78 is 38.4. The molecule has 33 heavy (non-hydrogen) atoms. The van der Waals surface area contributed by atoms with Crippen LogP contribution >= 0.6 is 0 Å². The molecule has 0 saturated heterocycles. The number of carbonyl (C=O) groups excluding carboxylic acids is 2. The minimum absolute atomic E-state index is 0.0651. The maximum Gasteiger partial charge on any atom is 0.269 e. The first-order valence-electron chi connectivity index (χ1n) is 9.99. The highest BCUT2D eigenvalue weighted by Crippen LogP contribution is 2.25. The van der Waals surface area contributed by atoms with Crippen molar-refractivity contribution in [3.8, 4) is 11.5 Å². The molecule has 0 bridgehead atoms. The summed E-state index contributed by atoms with van der Waals surface area (Å²) in [6.45, 7) is 0.573. The van der Waals surface area contributed by atoms with Crippen molar-refractivity contribution in [3.63, 3.8) is 0 Å². The molecule has 0 unspecified atom stereocenters. The second-order valence-electron chi connectivity index (χ2n) is 7.19. The summed E-state index contributed by atoms with van der Waals surface area (Å²) in [4.78, 5) is 24.8. The second-order valence-corrected chi connectivity index (χ2v) is 8.87. The van der Waals surface area contributed by atoms with Gasteiger partial charge in [-0.05, 0) is 66.2 Å². The van der Waals surface area contributed by atoms with Crippen molar-refractivity contribution >= 4 is 27.5 Å². The number of hydrogen-bond acceptors (Lipinski definition) is 6. The van der Waals surface area contributed by atoms with Crippen LogP contribution in [0.15, 0.2) is 71.6 Å². The van der Waals surface area contributed by atoms with Crippen molar-refractivity contribution in [3.05, 3.63) is 83.4 Å². The third-order valence-electron chi connectivity index (χ3n) is 4.99. The molecular formula is C23H21N3O6S. The number of amides is 2. The molecule has 0 radical (unpaired) electrons. The zero-order valence-corrected chi connectivity index (χ0v) is 18.4. The van der Waals surface area contributed by atoms with Crippen molar-refractivity contribution in [1.82, 2.24) is 10.9 Å². The van der Waals surface area contributed by atoms with Crippen LogP contribution in [-0.4, -0.2) is 33.9 Å². The minimum Gasteiger partial charge on any atom is -0.497 e. The van der Waals surface area contributed by atoms with Crippen molar-refractivity contribution in [1.29, 1.82) is 0 Å². The van der Waals surface area contributed by atoms with Crippen LogP contribution in [0.4, 0.5) is 5.69 Å². The predicted octanol–water partition coefficient (Wildman–Crippen LogP) is 2.51. The topological polar surface area (TPSA) is 123 Å². The lowest BCUT2D eigenvalue weighted by atomic mass is 10.1. The Balaban J connectivity index is 1.42. The number of sulfonamides is 1. The summed E-state index contributed by atoms with van der Waals surface area (Å²) in [7, 11) is -2.43. The van der Waals surface area contributed by atoms with Gasteiger partial charge < -0.3 is 9.47 Å². The van der Waals surface area contributed by atoms with Gasteiger partial charge in [-0.2, -0.15) is 0 Å². The lowest BCUT2D eigenvalue weighted by Crippen LogP contribution is -2.41. The molecule has 1 heterocycles. The number of benzene rings is 3. The van der Waals surface area contributed by atoms with Gasteiger partial charge in [0.05, 0.1) is 18.6 Å². The Morgan fingerprint density at radius 2 is 1.61 bits per heavy atom. The van der Waals surface area contributed by atoms with Gasteiger partial charge in [0.25, 0.3) is 21.8 Å². The van der Waals surface area contributed by atoms with E-state index in [9.17, 15) is 18.0 Å². The van der Waals surface area contributed by atoms with E-state index in [0.29, 0.717) is 30.0 Å². The molecule has 3 aromatic rings. The first-order valence-corrected chi connectivity index (χ1v) is 11.5. The van der Waals surface area contributed by atoms with Gasteiger partial charge in [0.1, 0.15) is 11.5 Å². The number of anilines is 1. The lowest BCUT2D eigenvalue weighted by molar-refractivity contribution is 0.0846. The van der Waals surface area contributed by atoms with Crippen molar-refractivity contribution < 1.29 is 27.5 Å². The number of carbonyl (C=O) groups is 2. The van der Waals surface area contributed by atoms with Crippen molar-refractivity contribution in [2.24, 2.45) is 0 Å². The van der Waals surface area contributed by atoms with E-state index in [2.05, 4.69) is 15.6 Å². The number of methoxy groups -OCH3 is 1. The van der Waals surface area contributed by atoms with E-state index in [-0.39, 0.29) is 10.5 Å². The molecule has 0 spiro atoms. The molecule has 1 aliphatic rings. The maximum atomic E-state index is 12.7. The summed E-state index contributed by atoms with van der Waals surface area (Å²) in [5, 5.41) is 0. The molecule has 0 aliphatic carbocycles. The molecule has 2 amide bonds. The van der Waals surface area contributed by atoms with Crippen molar-refractivity contribution in [2.75, 3.05) is 18.4 Å². The first kappa shape index (κ1) is 22.2. The fraction of sp³-hybridized carbons (Fsp3) is 0.130. The number of hydrazine groups is 1. The Morgan fingerprint density at radius 1 is 0.909 bits per heavy atom. The molecule has 1 aliphatic heterocycles. The van der Waals surface area contributed by atoms with Gasteiger partial charge in [-0.25, -0.2) is 8.42 Å². The Hall–Kier alpha value is -4.05. The van der Waals surface area contributed by atoms with E-state index in [4.69, 9.17) is 9.47 Å². The molecule has 9 nitrogen and oxygen atoms in total. The monoisotopic (exact) mass is 467 g/mol. The van der Waals surface area contributed by atoms with Crippen LogP contribution in [0.25, 0.3) is 0 Å². The highest BCUT2D eigenvalue weighted by Gasteiger charge is 2.18. The van der Waals surface area contributed by atoms with Gasteiger partial charge in [0.2, 0.25) is 0 Å². The van der Waals surface area contributed by atoms with E-state index < -0.39 is 21.8 Å². The van der Waals surface area contributed by atoms with E-state index in [1.807, 2.05) is 0 Å². The van der Waals surface area contributed by atoms with Crippen LogP contribution < -0.4 is 25.0 Å². The summed E-state index contributed by atoms with van der Waals surface area (Å²) >= 11 is 0. The standard InChI is InChI=1S/C23H21N3O6S/c1-31-19-8-6-18(7-9-19)26-33(29,30)20-4-2-3-16(14-20)22(27)24-25-23(28)17-5-10-21-15(13-17)11-12-32-21/h2-10,13-14,26H,11-12H2,1H3,(H,24,27)(H,25,28). The van der Waals surface area contributed by atoms with Crippen LogP contribution in [0.3, 0.4) is 0 Å². The quantitative estimate of drug-likeness (QED) is 0.479. The summed E-state index contributed by atoms with van der Waals surface area (Å²) in [6.07, 6.45) is 0.717. The fourth-order valence-electron chi connectivity index (χ4n) is 3.26. The molecule has 3 aromatic carbocycles. The molecule has 0 aromatic heterocycles. The highest BCUT2D eigenvalue weighted by molar-refractivity contribution is 7.92. The Bertz CT molecular complexity index is 1310. The zero-order valence-electron chi connectivity index (χ0n) is 17.6. The average molecular weight is 468 g/mol. The molecule has 3 N–H and O–H groups in total. The van der Waals surface area contributed by atoms with Crippen LogP contribution in [0.2, 0.25) is 0 Å². The molecule has 0 fully saturated rings. The molecular weight excluding hydrogens is 446 g/mol. The number of rotatable bonds is 6. The molecule has 0 saturated carbocycles. The van der Waals surface area contributed by atoms with E-state index in [1.165, 1.54) is 31.4 Å². The van der Waals surface area contributed by atoms with Crippen LogP contribution in [0.5, 0.6) is 11.5 Å². The molecule has 170 valence electrons. The smallest absolute Gasteiger partial charge is 0.269 e. The van der Waals surface area contributed by atoms with Gasteiger partial charge in [0, 0.05) is 23.2 Å². The highest BCUT2D eigenvalue weighted by atomic mass is 32.2. The number of nitrogens with one attached hydrogen (secondary N) is 3. The molecule has 10 heteroatoms. The number of fused-ring (bicyclic) bond motifs is 1. The Labute approximate surface area is 190 Å². The van der Waals surface area contributed by atoms with Crippen LogP contribution in [-0.2, 0) is 16.4 Å². The predicted molar refractivity (Wildman–Crippen MR) is 121 cm³/mol.